The second kappa shape index (κ2) is 7.77. The summed E-state index contributed by atoms with van der Waals surface area (Å²) in [5, 5.41) is 2.95. The van der Waals surface area contributed by atoms with E-state index in [0.717, 1.165) is 31.4 Å². The Kier molecular flexibility index (Phi) is 6.81. The predicted octanol–water partition coefficient (Wildman–Crippen LogP) is 3.99. The standard InChI is InChI=1S/C17H32N2O3S/c1-12(19-23(21)17(5,6)7)13-9-8-10-14(11-13)18-15(20)22-16(2,3)4/h13-14H,8-11H2,1-7H3,(H,18,20)/b19-12+/t13-,14+,23-/m0/s1. The van der Waals surface area contributed by atoms with Crippen molar-refractivity contribution in [2.75, 3.05) is 0 Å². The van der Waals surface area contributed by atoms with Crippen LogP contribution in [-0.4, -0.2) is 32.4 Å². The highest BCUT2D eigenvalue weighted by Crippen LogP contribution is 2.27. The maximum Gasteiger partial charge on any atom is 0.407 e. The molecule has 1 N–H and O–H groups in total. The third-order valence-corrected chi connectivity index (χ3v) is 5.24. The van der Waals surface area contributed by atoms with Crippen LogP contribution >= 0.6 is 0 Å². The van der Waals surface area contributed by atoms with E-state index in [2.05, 4.69) is 9.71 Å². The summed E-state index contributed by atoms with van der Waals surface area (Å²) in [6.07, 6.45) is 3.47. The molecule has 1 amide bonds. The van der Waals surface area contributed by atoms with E-state index in [1.54, 1.807) is 0 Å². The molecular formula is C17H32N2O3S. The van der Waals surface area contributed by atoms with E-state index in [1.807, 2.05) is 48.5 Å². The zero-order chi connectivity index (χ0) is 17.8. The molecule has 134 valence electrons. The summed E-state index contributed by atoms with van der Waals surface area (Å²) in [6, 6.07) is 0.0943. The van der Waals surface area contributed by atoms with Crippen LogP contribution in [0.2, 0.25) is 0 Å². The van der Waals surface area contributed by atoms with Crippen molar-refractivity contribution in [2.45, 2.75) is 90.5 Å². The SMILES string of the molecule is C/C(=N\[S@@](=O)C(C)(C)C)[C@H]1CCC[C@@H](NC(=O)OC(C)(C)C)C1. The van der Waals surface area contributed by atoms with Crippen molar-refractivity contribution < 1.29 is 13.7 Å². The van der Waals surface area contributed by atoms with E-state index >= 15 is 0 Å². The van der Waals surface area contributed by atoms with Gasteiger partial charge in [-0.3, -0.25) is 0 Å². The van der Waals surface area contributed by atoms with E-state index in [4.69, 9.17) is 4.74 Å². The number of hydrogen-bond acceptors (Lipinski definition) is 3. The Hall–Kier alpha value is -0.910. The van der Waals surface area contributed by atoms with E-state index in [0.29, 0.717) is 0 Å². The fraction of sp³-hybridized carbons (Fsp3) is 0.882. The predicted molar refractivity (Wildman–Crippen MR) is 96.1 cm³/mol. The molecule has 5 nitrogen and oxygen atoms in total. The molecule has 0 aromatic rings. The van der Waals surface area contributed by atoms with Crippen LogP contribution in [0.1, 0.15) is 74.1 Å². The smallest absolute Gasteiger partial charge is 0.407 e. The van der Waals surface area contributed by atoms with Gasteiger partial charge in [0.25, 0.3) is 0 Å². The van der Waals surface area contributed by atoms with Gasteiger partial charge >= 0.3 is 6.09 Å². The van der Waals surface area contributed by atoms with Gasteiger partial charge in [-0.1, -0.05) is 6.42 Å². The second-order valence-corrected chi connectivity index (χ2v) is 10.2. The Balaban J connectivity index is 2.62. The zero-order valence-electron chi connectivity index (χ0n) is 15.6. The lowest BCUT2D eigenvalue weighted by atomic mass is 9.83. The Morgan fingerprint density at radius 3 is 2.30 bits per heavy atom. The lowest BCUT2D eigenvalue weighted by molar-refractivity contribution is 0.0489. The van der Waals surface area contributed by atoms with Gasteiger partial charge in [0.1, 0.15) is 16.6 Å². The summed E-state index contributed by atoms with van der Waals surface area (Å²) in [6.45, 7) is 13.3. The van der Waals surface area contributed by atoms with Crippen LogP contribution in [0.3, 0.4) is 0 Å². The Morgan fingerprint density at radius 1 is 1.17 bits per heavy atom. The molecule has 0 aliphatic heterocycles. The van der Waals surface area contributed by atoms with E-state index < -0.39 is 16.6 Å². The average molecular weight is 345 g/mol. The van der Waals surface area contributed by atoms with Crippen molar-refractivity contribution >= 4 is 22.8 Å². The minimum absolute atomic E-state index is 0.0943. The first-order valence-corrected chi connectivity index (χ1v) is 9.46. The normalized spacial score (nSPS) is 24.9. The Bertz CT molecular complexity index is 475. The largest absolute Gasteiger partial charge is 0.444 e. The second-order valence-electron chi connectivity index (χ2n) is 8.30. The fourth-order valence-corrected chi connectivity index (χ4v) is 3.20. The number of rotatable bonds is 3. The summed E-state index contributed by atoms with van der Waals surface area (Å²) in [5.74, 6) is 0.273. The molecule has 0 bridgehead atoms. The van der Waals surface area contributed by atoms with Crippen LogP contribution in [0.25, 0.3) is 0 Å². The molecule has 1 saturated carbocycles. The van der Waals surface area contributed by atoms with Crippen molar-refractivity contribution in [3.63, 3.8) is 0 Å². The fourth-order valence-electron chi connectivity index (χ4n) is 2.52. The molecule has 23 heavy (non-hydrogen) atoms. The molecule has 0 aromatic heterocycles. The van der Waals surface area contributed by atoms with E-state index in [-0.39, 0.29) is 22.8 Å². The van der Waals surface area contributed by atoms with Crippen molar-refractivity contribution in [3.05, 3.63) is 0 Å². The van der Waals surface area contributed by atoms with Gasteiger partial charge in [0, 0.05) is 11.8 Å². The van der Waals surface area contributed by atoms with Gasteiger partial charge in [-0.05, 0) is 73.6 Å². The number of hydrogen-bond donors (Lipinski definition) is 1. The monoisotopic (exact) mass is 344 g/mol. The maximum absolute atomic E-state index is 12.2. The first-order valence-electron chi connectivity index (χ1n) is 8.35. The Labute approximate surface area is 143 Å². The molecule has 0 unspecified atom stereocenters. The van der Waals surface area contributed by atoms with Crippen molar-refractivity contribution in [2.24, 2.45) is 10.3 Å². The molecule has 0 heterocycles. The number of nitrogens with zero attached hydrogens (tertiary/aromatic N) is 1. The van der Waals surface area contributed by atoms with Gasteiger partial charge < -0.3 is 10.1 Å². The number of carbonyl (C=O) groups is 1. The molecule has 0 spiro atoms. The topological polar surface area (TPSA) is 67.8 Å². The van der Waals surface area contributed by atoms with E-state index in [9.17, 15) is 9.00 Å². The molecule has 1 rings (SSSR count). The van der Waals surface area contributed by atoms with Crippen LogP contribution in [0, 0.1) is 5.92 Å². The Morgan fingerprint density at radius 2 is 1.78 bits per heavy atom. The molecule has 0 aromatic carbocycles. The molecular weight excluding hydrogens is 312 g/mol. The quantitative estimate of drug-likeness (QED) is 0.787. The van der Waals surface area contributed by atoms with Crippen LogP contribution in [0.4, 0.5) is 4.79 Å². The summed E-state index contributed by atoms with van der Waals surface area (Å²) in [5.41, 5.74) is 0.438. The molecule has 1 fully saturated rings. The maximum atomic E-state index is 12.2. The van der Waals surface area contributed by atoms with Gasteiger partial charge in [-0.2, -0.15) is 4.40 Å². The molecule has 0 radical (unpaired) electrons. The third kappa shape index (κ3) is 7.46. The lowest BCUT2D eigenvalue weighted by Gasteiger charge is -2.30. The van der Waals surface area contributed by atoms with E-state index in [1.165, 1.54) is 0 Å². The molecule has 1 aliphatic carbocycles. The third-order valence-electron chi connectivity index (χ3n) is 3.74. The van der Waals surface area contributed by atoms with Crippen molar-refractivity contribution in [1.82, 2.24) is 5.32 Å². The molecule has 6 heteroatoms. The number of nitrogens with one attached hydrogen (secondary N) is 1. The number of carbonyl (C=O) groups excluding carboxylic acids is 1. The molecule has 1 aliphatic rings. The summed E-state index contributed by atoms with van der Waals surface area (Å²) in [7, 11) is -1.23. The highest BCUT2D eigenvalue weighted by molar-refractivity contribution is 7.85. The summed E-state index contributed by atoms with van der Waals surface area (Å²) >= 11 is 0. The van der Waals surface area contributed by atoms with Crippen molar-refractivity contribution in [1.29, 1.82) is 0 Å². The van der Waals surface area contributed by atoms with Gasteiger partial charge in [-0.25, -0.2) is 9.00 Å². The highest BCUT2D eigenvalue weighted by atomic mass is 32.2. The number of ether oxygens (including phenoxy) is 1. The van der Waals surface area contributed by atoms with Crippen LogP contribution < -0.4 is 5.32 Å². The summed E-state index contributed by atoms with van der Waals surface area (Å²) in [4.78, 5) is 11.9. The average Bonchev–Trinajstić information content (AvgIpc) is 2.35. The van der Waals surface area contributed by atoms with Gasteiger partial charge in [0.15, 0.2) is 0 Å². The first kappa shape index (κ1) is 20.1. The van der Waals surface area contributed by atoms with Gasteiger partial charge in [0.05, 0.1) is 4.75 Å². The van der Waals surface area contributed by atoms with Crippen molar-refractivity contribution in [3.8, 4) is 0 Å². The lowest BCUT2D eigenvalue weighted by Crippen LogP contribution is -2.42. The van der Waals surface area contributed by atoms with Crippen LogP contribution in [0.15, 0.2) is 4.40 Å². The molecule has 3 atom stereocenters. The highest BCUT2D eigenvalue weighted by Gasteiger charge is 2.28. The van der Waals surface area contributed by atoms with Crippen LogP contribution in [-0.2, 0) is 15.7 Å². The molecule has 0 saturated heterocycles. The number of amides is 1. The van der Waals surface area contributed by atoms with Crippen LogP contribution in [0.5, 0.6) is 0 Å². The summed E-state index contributed by atoms with van der Waals surface area (Å²) < 4.78 is 21.5. The zero-order valence-corrected chi connectivity index (χ0v) is 16.4. The minimum Gasteiger partial charge on any atom is -0.444 e. The first-order chi connectivity index (χ1) is 10.4. The number of alkyl carbamates (subject to hydrolysis) is 1. The minimum atomic E-state index is -1.23. The van der Waals surface area contributed by atoms with Gasteiger partial charge in [-0.15, -0.1) is 0 Å². The van der Waals surface area contributed by atoms with Gasteiger partial charge in [0.2, 0.25) is 0 Å².